The predicted molar refractivity (Wildman–Crippen MR) is 90.6 cm³/mol. The van der Waals surface area contributed by atoms with Crippen molar-refractivity contribution in [2.45, 2.75) is 6.92 Å². The summed E-state index contributed by atoms with van der Waals surface area (Å²) in [5, 5.41) is 38.4. The first kappa shape index (κ1) is 16.9. The number of amides is 1. The van der Waals surface area contributed by atoms with Crippen molar-refractivity contribution < 1.29 is 20.1 Å². The smallest absolute Gasteiger partial charge is 0.253 e. The second-order valence-electron chi connectivity index (χ2n) is 5.17. The third-order valence-corrected chi connectivity index (χ3v) is 3.28. The second kappa shape index (κ2) is 6.74. The van der Waals surface area contributed by atoms with Gasteiger partial charge in [-0.1, -0.05) is 12.1 Å². The Kier molecular flexibility index (Phi) is 4.74. The van der Waals surface area contributed by atoms with Crippen molar-refractivity contribution in [3.63, 3.8) is 0 Å². The Morgan fingerprint density at radius 1 is 1.17 bits per heavy atom. The Hall–Kier alpha value is -3.48. The van der Waals surface area contributed by atoms with Crippen LogP contribution in [0.15, 0.2) is 42.0 Å². The predicted octanol–water partition coefficient (Wildman–Crippen LogP) is 1.88. The molecule has 0 unspecified atom stereocenters. The molecule has 0 aromatic heterocycles. The number of nitrogens with one attached hydrogen (secondary N) is 2. The lowest BCUT2D eigenvalue weighted by molar-refractivity contribution is -0.116. The summed E-state index contributed by atoms with van der Waals surface area (Å²) in [5.74, 6) is -1.66. The fraction of sp³-hybridized carbons (Fsp3) is 0.0588. The van der Waals surface area contributed by atoms with E-state index >= 15 is 0 Å². The van der Waals surface area contributed by atoms with Crippen LogP contribution < -0.4 is 11.1 Å². The van der Waals surface area contributed by atoms with Crippen LogP contribution in [0.4, 0.5) is 0 Å². The van der Waals surface area contributed by atoms with Crippen molar-refractivity contribution >= 4 is 17.9 Å². The highest BCUT2D eigenvalue weighted by Gasteiger charge is 2.12. The van der Waals surface area contributed by atoms with Gasteiger partial charge in [0.25, 0.3) is 5.91 Å². The molecule has 0 heterocycles. The number of guanidine groups is 1. The van der Waals surface area contributed by atoms with Gasteiger partial charge < -0.3 is 21.1 Å². The quantitative estimate of drug-likeness (QED) is 0.221. The van der Waals surface area contributed by atoms with E-state index in [1.807, 2.05) is 0 Å². The third kappa shape index (κ3) is 3.83. The van der Waals surface area contributed by atoms with Gasteiger partial charge in [0.15, 0.2) is 17.5 Å². The SMILES string of the molecule is C/C(=C\c1cc(O)c(O)cc1-c1cccc(O)c1)C(=O)NC(=N)N. The van der Waals surface area contributed by atoms with Gasteiger partial charge in [0, 0.05) is 5.57 Å². The minimum Gasteiger partial charge on any atom is -0.508 e. The van der Waals surface area contributed by atoms with Crippen LogP contribution in [-0.2, 0) is 4.79 Å². The van der Waals surface area contributed by atoms with Gasteiger partial charge in [-0.2, -0.15) is 0 Å². The summed E-state index contributed by atoms with van der Waals surface area (Å²) < 4.78 is 0. The lowest BCUT2D eigenvalue weighted by atomic mass is 9.97. The molecular formula is C17H17N3O4. The number of hydrogen-bond acceptors (Lipinski definition) is 5. The average molecular weight is 327 g/mol. The molecule has 0 aliphatic heterocycles. The zero-order valence-corrected chi connectivity index (χ0v) is 12.9. The van der Waals surface area contributed by atoms with E-state index in [0.29, 0.717) is 16.7 Å². The lowest BCUT2D eigenvalue weighted by Gasteiger charge is -2.11. The molecule has 0 fully saturated rings. The Morgan fingerprint density at radius 3 is 2.46 bits per heavy atom. The topological polar surface area (TPSA) is 140 Å². The fourth-order valence-electron chi connectivity index (χ4n) is 2.16. The third-order valence-electron chi connectivity index (χ3n) is 3.28. The Balaban J connectivity index is 2.55. The lowest BCUT2D eigenvalue weighted by Crippen LogP contribution is -2.36. The first-order valence-electron chi connectivity index (χ1n) is 6.97. The van der Waals surface area contributed by atoms with E-state index in [-0.39, 0.29) is 22.8 Å². The minimum atomic E-state index is -0.558. The number of nitrogens with two attached hydrogens (primary N) is 1. The monoisotopic (exact) mass is 327 g/mol. The molecule has 2 rings (SSSR count). The highest BCUT2D eigenvalue weighted by molar-refractivity contribution is 6.06. The number of aromatic hydroxyl groups is 3. The molecule has 2 aromatic rings. The van der Waals surface area contributed by atoms with Crippen molar-refractivity contribution in [1.82, 2.24) is 5.32 Å². The normalized spacial score (nSPS) is 11.1. The Morgan fingerprint density at radius 2 is 1.83 bits per heavy atom. The molecule has 7 nitrogen and oxygen atoms in total. The molecular weight excluding hydrogens is 310 g/mol. The van der Waals surface area contributed by atoms with E-state index in [0.717, 1.165) is 0 Å². The molecule has 24 heavy (non-hydrogen) atoms. The van der Waals surface area contributed by atoms with Crippen LogP contribution in [0.3, 0.4) is 0 Å². The number of hydrogen-bond donors (Lipinski definition) is 6. The van der Waals surface area contributed by atoms with Gasteiger partial charge >= 0.3 is 0 Å². The van der Waals surface area contributed by atoms with Gasteiger partial charge in [-0.05, 0) is 54.0 Å². The molecule has 0 saturated carbocycles. The highest BCUT2D eigenvalue weighted by Crippen LogP contribution is 2.36. The number of rotatable bonds is 3. The summed E-state index contributed by atoms with van der Waals surface area (Å²) in [5.41, 5.74) is 6.93. The molecule has 1 amide bonds. The zero-order valence-electron chi connectivity index (χ0n) is 12.9. The zero-order chi connectivity index (χ0) is 17.9. The van der Waals surface area contributed by atoms with Gasteiger partial charge in [-0.15, -0.1) is 0 Å². The van der Waals surface area contributed by atoms with Crippen molar-refractivity contribution in [2.75, 3.05) is 0 Å². The number of phenols is 3. The summed E-state index contributed by atoms with van der Waals surface area (Å²) in [6, 6.07) is 9.00. The molecule has 7 heteroatoms. The van der Waals surface area contributed by atoms with Crippen LogP contribution in [-0.4, -0.2) is 27.2 Å². The Bertz CT molecular complexity index is 844. The number of carbonyl (C=O) groups is 1. The fourth-order valence-corrected chi connectivity index (χ4v) is 2.16. The van der Waals surface area contributed by atoms with Gasteiger partial charge in [0.1, 0.15) is 5.75 Å². The van der Waals surface area contributed by atoms with Crippen LogP contribution in [0, 0.1) is 5.41 Å². The maximum absolute atomic E-state index is 11.9. The van der Waals surface area contributed by atoms with E-state index in [4.69, 9.17) is 11.1 Å². The number of carbonyl (C=O) groups excluding carboxylic acids is 1. The van der Waals surface area contributed by atoms with Crippen LogP contribution in [0.25, 0.3) is 17.2 Å². The van der Waals surface area contributed by atoms with Crippen LogP contribution in [0.2, 0.25) is 0 Å². The molecule has 0 aliphatic rings. The molecule has 0 radical (unpaired) electrons. The highest BCUT2D eigenvalue weighted by atomic mass is 16.3. The summed E-state index contributed by atoms with van der Waals surface area (Å²) in [4.78, 5) is 11.9. The van der Waals surface area contributed by atoms with Crippen LogP contribution in [0.5, 0.6) is 17.2 Å². The van der Waals surface area contributed by atoms with Gasteiger partial charge in [-0.25, -0.2) is 0 Å². The molecule has 0 bridgehead atoms. The van der Waals surface area contributed by atoms with Crippen molar-refractivity contribution in [3.05, 3.63) is 47.5 Å². The molecule has 2 aromatic carbocycles. The largest absolute Gasteiger partial charge is 0.508 e. The number of phenolic OH excluding ortho intramolecular Hbond substituents is 3. The molecule has 7 N–H and O–H groups in total. The summed E-state index contributed by atoms with van der Waals surface area (Å²) in [6.45, 7) is 1.52. The standard InChI is InChI=1S/C17H17N3O4/c1-9(16(24)20-17(18)19)5-11-7-14(22)15(23)8-13(11)10-3-2-4-12(21)6-10/h2-8,21-23H,1H3,(H4,18,19,20,24)/b9-5+. The maximum Gasteiger partial charge on any atom is 0.253 e. The van der Waals surface area contributed by atoms with E-state index < -0.39 is 11.9 Å². The molecule has 0 aliphatic carbocycles. The maximum atomic E-state index is 11.9. The van der Waals surface area contributed by atoms with Gasteiger partial charge in [-0.3, -0.25) is 15.5 Å². The first-order chi connectivity index (χ1) is 11.3. The summed E-state index contributed by atoms with van der Waals surface area (Å²) >= 11 is 0. The van der Waals surface area contributed by atoms with Crippen LogP contribution in [0.1, 0.15) is 12.5 Å². The number of benzene rings is 2. The van der Waals surface area contributed by atoms with Gasteiger partial charge in [0.2, 0.25) is 0 Å². The first-order valence-corrected chi connectivity index (χ1v) is 6.97. The van der Waals surface area contributed by atoms with Crippen molar-refractivity contribution in [1.29, 1.82) is 5.41 Å². The summed E-state index contributed by atoms with van der Waals surface area (Å²) in [6.07, 6.45) is 1.48. The van der Waals surface area contributed by atoms with E-state index in [1.54, 1.807) is 12.1 Å². The second-order valence-corrected chi connectivity index (χ2v) is 5.17. The van der Waals surface area contributed by atoms with Crippen LogP contribution >= 0.6 is 0 Å². The summed E-state index contributed by atoms with van der Waals surface area (Å²) in [7, 11) is 0. The minimum absolute atomic E-state index is 0.0426. The van der Waals surface area contributed by atoms with E-state index in [2.05, 4.69) is 5.32 Å². The van der Waals surface area contributed by atoms with Crippen molar-refractivity contribution in [2.24, 2.45) is 5.73 Å². The van der Waals surface area contributed by atoms with E-state index in [1.165, 1.54) is 37.3 Å². The molecule has 0 saturated heterocycles. The average Bonchev–Trinajstić information content (AvgIpc) is 2.49. The molecule has 0 atom stereocenters. The van der Waals surface area contributed by atoms with Crippen molar-refractivity contribution in [3.8, 4) is 28.4 Å². The molecule has 0 spiro atoms. The molecule has 124 valence electrons. The Labute approximate surface area is 138 Å². The van der Waals surface area contributed by atoms with Gasteiger partial charge in [0.05, 0.1) is 0 Å². The van der Waals surface area contributed by atoms with E-state index in [9.17, 15) is 20.1 Å².